The molecule has 0 radical (unpaired) electrons. The molecule has 0 bridgehead atoms. The zero-order chi connectivity index (χ0) is 34.6. The number of hydrogen-bond donors (Lipinski definition) is 2. The van der Waals surface area contributed by atoms with Crippen LogP contribution in [-0.2, 0) is 18.1 Å². The van der Waals surface area contributed by atoms with E-state index in [0.717, 1.165) is 24.3 Å². The van der Waals surface area contributed by atoms with Crippen LogP contribution in [0, 0.1) is 17.5 Å². The van der Waals surface area contributed by atoms with Gasteiger partial charge in [-0.05, 0) is 59.2 Å². The van der Waals surface area contributed by atoms with Crippen molar-refractivity contribution in [2.24, 2.45) is 0 Å². The number of ether oxygens (including phenoxy) is 2. The molecular formula is C32H23F10NO4. The Morgan fingerprint density at radius 1 is 0.809 bits per heavy atom. The van der Waals surface area contributed by atoms with Crippen molar-refractivity contribution >= 4 is 5.91 Å². The smallest absolute Gasteiger partial charge is 0.461 e. The number of alkyl halides is 7. The summed E-state index contributed by atoms with van der Waals surface area (Å²) in [4.78, 5) is 13.7. The Kier molecular flexibility index (Phi) is 10.4. The number of aliphatic hydroxyl groups is 1. The number of amides is 1. The second kappa shape index (κ2) is 13.9. The molecule has 4 aromatic carbocycles. The summed E-state index contributed by atoms with van der Waals surface area (Å²) in [5, 5.41) is 11.6. The first-order valence-corrected chi connectivity index (χ1v) is 13.5. The Bertz CT molecular complexity index is 1720. The maximum Gasteiger partial charge on any atom is 0.461 e. The summed E-state index contributed by atoms with van der Waals surface area (Å²) >= 11 is 0. The van der Waals surface area contributed by atoms with Gasteiger partial charge in [-0.1, -0.05) is 36.4 Å². The first-order chi connectivity index (χ1) is 22.1. The number of rotatable bonds is 12. The van der Waals surface area contributed by atoms with Crippen LogP contribution in [-0.4, -0.2) is 36.8 Å². The van der Waals surface area contributed by atoms with Gasteiger partial charge in [-0.15, -0.1) is 0 Å². The second-order valence-corrected chi connectivity index (χ2v) is 10.1. The first-order valence-electron chi connectivity index (χ1n) is 13.5. The first kappa shape index (κ1) is 35.1. The van der Waals surface area contributed by atoms with E-state index in [4.69, 9.17) is 4.74 Å². The molecule has 0 saturated carbocycles. The molecule has 4 rings (SSSR count). The third-order valence-electron chi connectivity index (χ3n) is 6.82. The Hall–Kier alpha value is -4.79. The molecule has 1 amide bonds. The molecule has 0 aromatic heterocycles. The van der Waals surface area contributed by atoms with Crippen LogP contribution < -0.4 is 14.8 Å². The Morgan fingerprint density at radius 3 is 2.13 bits per heavy atom. The monoisotopic (exact) mass is 675 g/mol. The van der Waals surface area contributed by atoms with Crippen molar-refractivity contribution in [1.29, 1.82) is 0 Å². The largest absolute Gasteiger partial charge is 0.488 e. The summed E-state index contributed by atoms with van der Waals surface area (Å²) in [7, 11) is 0. The van der Waals surface area contributed by atoms with Gasteiger partial charge in [-0.3, -0.25) is 4.79 Å². The predicted molar refractivity (Wildman–Crippen MR) is 147 cm³/mol. The minimum Gasteiger partial charge on any atom is -0.488 e. The molecular weight excluding hydrogens is 652 g/mol. The van der Waals surface area contributed by atoms with Crippen molar-refractivity contribution in [3.8, 4) is 11.5 Å². The fourth-order valence-electron chi connectivity index (χ4n) is 4.72. The highest BCUT2D eigenvalue weighted by atomic mass is 19.4. The highest BCUT2D eigenvalue weighted by molar-refractivity contribution is 5.95. The number of halogens is 10. The maximum atomic E-state index is 15.1. The Labute approximate surface area is 260 Å². The van der Waals surface area contributed by atoms with Gasteiger partial charge in [0.25, 0.3) is 5.91 Å². The van der Waals surface area contributed by atoms with Gasteiger partial charge in [0.15, 0.2) is 11.6 Å². The van der Waals surface area contributed by atoms with E-state index in [9.17, 15) is 49.4 Å². The van der Waals surface area contributed by atoms with Crippen molar-refractivity contribution in [3.63, 3.8) is 0 Å². The van der Waals surface area contributed by atoms with E-state index in [-0.39, 0.29) is 11.6 Å². The van der Waals surface area contributed by atoms with E-state index in [1.807, 2.05) is 0 Å². The van der Waals surface area contributed by atoms with Crippen LogP contribution in [0.15, 0.2) is 84.9 Å². The minimum atomic E-state index is -5.22. The zero-order valence-corrected chi connectivity index (χ0v) is 23.7. The molecule has 1 atom stereocenters. The van der Waals surface area contributed by atoms with Crippen LogP contribution in [0.5, 0.6) is 11.5 Å². The topological polar surface area (TPSA) is 67.8 Å². The number of carbonyl (C=O) groups is 1. The molecule has 47 heavy (non-hydrogen) atoms. The van der Waals surface area contributed by atoms with Crippen molar-refractivity contribution in [3.05, 3.63) is 130 Å². The molecule has 0 spiro atoms. The molecule has 0 fully saturated rings. The number of nitrogens with one attached hydrogen (secondary N) is 1. The van der Waals surface area contributed by atoms with E-state index in [1.165, 1.54) is 12.1 Å². The molecule has 0 aliphatic rings. The normalized spacial score (nSPS) is 13.3. The summed E-state index contributed by atoms with van der Waals surface area (Å²) in [5.74, 6) is -6.96. The molecule has 0 aliphatic heterocycles. The summed E-state index contributed by atoms with van der Waals surface area (Å²) in [6, 6.07) is 13.7. The second-order valence-electron chi connectivity index (χ2n) is 10.1. The minimum absolute atomic E-state index is 0.167. The Balaban J connectivity index is 2.01. The standard InChI is InChI=1S/C32H23F10NO4/c33-22-13-21(14-23(16-22)47-32(41,42)29(36)37)30(17-18-4-2-1-3-5-18,20-7-9-26(35)27(15-20)46-11-10-44)43-28(45)19-6-8-25(34)24(12-19)31(38,39)40/h1-9,12-16,29,44H,10-11,17H2,(H,43,45)/t30-/m1/s1. The average Bonchev–Trinajstić information content (AvgIpc) is 2.99. The van der Waals surface area contributed by atoms with E-state index in [1.54, 1.807) is 18.2 Å². The number of carbonyl (C=O) groups excluding carboxylic acids is 1. The van der Waals surface area contributed by atoms with Gasteiger partial charge in [0.2, 0.25) is 0 Å². The lowest BCUT2D eigenvalue weighted by atomic mass is 9.77. The van der Waals surface area contributed by atoms with Crippen molar-refractivity contribution in [2.75, 3.05) is 13.2 Å². The summed E-state index contributed by atoms with van der Waals surface area (Å²) < 4.78 is 147. The number of hydrogen-bond acceptors (Lipinski definition) is 4. The molecule has 0 heterocycles. The number of benzene rings is 4. The Morgan fingerprint density at radius 2 is 1.49 bits per heavy atom. The molecule has 4 aromatic rings. The lowest BCUT2D eigenvalue weighted by Crippen LogP contribution is -2.49. The summed E-state index contributed by atoms with van der Waals surface area (Å²) in [5.41, 5.74) is -5.05. The van der Waals surface area contributed by atoms with Gasteiger partial charge in [-0.25, -0.2) is 13.2 Å². The maximum absolute atomic E-state index is 15.1. The molecule has 0 unspecified atom stereocenters. The van der Waals surface area contributed by atoms with Crippen LogP contribution in [0.3, 0.4) is 0 Å². The fraction of sp³-hybridized carbons (Fsp3) is 0.219. The van der Waals surface area contributed by atoms with E-state index < -0.39 is 95.4 Å². The lowest BCUT2D eigenvalue weighted by molar-refractivity contribution is -0.253. The highest BCUT2D eigenvalue weighted by Gasteiger charge is 2.45. The van der Waals surface area contributed by atoms with Crippen LogP contribution in [0.25, 0.3) is 0 Å². The molecule has 0 saturated heterocycles. The summed E-state index contributed by atoms with van der Waals surface area (Å²) in [6.07, 6.45) is -15.1. The molecule has 15 heteroatoms. The SMILES string of the molecule is O=C(N[C@@](Cc1ccccc1)(c1cc(F)cc(OC(F)(F)C(F)F)c1)c1ccc(F)c(OCCO)c1)c1ccc(F)c(C(F)(F)F)c1. The molecule has 5 nitrogen and oxygen atoms in total. The van der Waals surface area contributed by atoms with Crippen LogP contribution in [0.1, 0.15) is 32.6 Å². The quantitative estimate of drug-likeness (QED) is 0.152. The molecule has 250 valence electrons. The van der Waals surface area contributed by atoms with E-state index >= 15 is 4.39 Å². The highest BCUT2D eigenvalue weighted by Crippen LogP contribution is 2.40. The van der Waals surface area contributed by atoms with Gasteiger partial charge in [0.1, 0.15) is 24.0 Å². The summed E-state index contributed by atoms with van der Waals surface area (Å²) in [6.45, 7) is -0.987. The van der Waals surface area contributed by atoms with Gasteiger partial charge in [0.05, 0.1) is 17.7 Å². The van der Waals surface area contributed by atoms with Crippen LogP contribution >= 0.6 is 0 Å². The van der Waals surface area contributed by atoms with Crippen LogP contribution in [0.4, 0.5) is 43.9 Å². The van der Waals surface area contributed by atoms with Gasteiger partial charge in [0, 0.05) is 18.1 Å². The van der Waals surface area contributed by atoms with Crippen LogP contribution in [0.2, 0.25) is 0 Å². The predicted octanol–water partition coefficient (Wildman–Crippen LogP) is 7.65. The lowest BCUT2D eigenvalue weighted by Gasteiger charge is -2.37. The number of aliphatic hydroxyl groups excluding tert-OH is 1. The van der Waals surface area contributed by atoms with E-state index in [0.29, 0.717) is 29.8 Å². The van der Waals surface area contributed by atoms with Crippen molar-refractivity contribution in [1.82, 2.24) is 5.32 Å². The van der Waals surface area contributed by atoms with Gasteiger partial charge >= 0.3 is 18.7 Å². The third kappa shape index (κ3) is 8.14. The van der Waals surface area contributed by atoms with Crippen molar-refractivity contribution in [2.45, 2.75) is 30.7 Å². The van der Waals surface area contributed by atoms with Gasteiger partial charge in [-0.2, -0.15) is 30.7 Å². The molecule has 0 aliphatic carbocycles. The van der Waals surface area contributed by atoms with E-state index in [2.05, 4.69) is 10.1 Å². The zero-order valence-electron chi connectivity index (χ0n) is 23.7. The van der Waals surface area contributed by atoms with Gasteiger partial charge < -0.3 is 19.9 Å². The molecule has 2 N–H and O–H groups in total. The fourth-order valence-corrected chi connectivity index (χ4v) is 4.72. The average molecular weight is 676 g/mol. The van der Waals surface area contributed by atoms with Crippen molar-refractivity contribution < 1.29 is 63.3 Å². The third-order valence-corrected chi connectivity index (χ3v) is 6.82.